The van der Waals surface area contributed by atoms with E-state index in [0.29, 0.717) is 6.42 Å². The summed E-state index contributed by atoms with van der Waals surface area (Å²) in [6, 6.07) is 0. The topological polar surface area (TPSA) is 173 Å². The fourth-order valence-electron chi connectivity index (χ4n) is 1.80. The summed E-state index contributed by atoms with van der Waals surface area (Å²) in [5.41, 5.74) is -0.667. The Kier molecular flexibility index (Phi) is 15.8. The van der Waals surface area contributed by atoms with Gasteiger partial charge in [0.15, 0.2) is 0 Å². The molecule has 0 amide bonds. The molecular formula is C17H32O9. The SMILES string of the molecule is CCC(CO)(CO)CO.O=C(O)C1CCC1.O=C(O)C1CCC1.O=CO. The Bertz CT molecular complexity index is 344. The molecule has 0 aliphatic heterocycles. The number of aliphatic carboxylic acids is 2. The minimum absolute atomic E-state index is 0.000000000000000444. The van der Waals surface area contributed by atoms with Crippen LogP contribution in [-0.2, 0) is 14.4 Å². The number of carboxylic acid groups (broad SMARTS) is 3. The van der Waals surface area contributed by atoms with Crippen molar-refractivity contribution >= 4 is 18.4 Å². The van der Waals surface area contributed by atoms with E-state index >= 15 is 0 Å². The van der Waals surface area contributed by atoms with Gasteiger partial charge in [-0.25, -0.2) is 0 Å². The van der Waals surface area contributed by atoms with Crippen molar-refractivity contribution in [2.45, 2.75) is 51.9 Å². The lowest BCUT2D eigenvalue weighted by Crippen LogP contribution is -2.32. The van der Waals surface area contributed by atoms with Gasteiger partial charge in [-0.2, -0.15) is 0 Å². The van der Waals surface area contributed by atoms with Gasteiger partial charge in [0, 0.05) is 5.41 Å². The van der Waals surface area contributed by atoms with Gasteiger partial charge in [0.25, 0.3) is 6.47 Å². The van der Waals surface area contributed by atoms with Gasteiger partial charge in [-0.3, -0.25) is 14.4 Å². The highest BCUT2D eigenvalue weighted by molar-refractivity contribution is 5.71. The molecule has 2 fully saturated rings. The van der Waals surface area contributed by atoms with Crippen molar-refractivity contribution in [2.24, 2.45) is 17.3 Å². The number of carboxylic acids is 2. The molecule has 2 saturated carbocycles. The van der Waals surface area contributed by atoms with Crippen molar-refractivity contribution in [1.29, 1.82) is 0 Å². The first-order valence-corrected chi connectivity index (χ1v) is 8.63. The molecule has 0 atom stereocenters. The lowest BCUT2D eigenvalue weighted by atomic mass is 9.86. The minimum Gasteiger partial charge on any atom is -0.483 e. The molecule has 9 nitrogen and oxygen atoms in total. The quantitative estimate of drug-likeness (QED) is 0.364. The van der Waals surface area contributed by atoms with Gasteiger partial charge in [-0.1, -0.05) is 19.8 Å². The van der Waals surface area contributed by atoms with Gasteiger partial charge >= 0.3 is 11.9 Å². The third kappa shape index (κ3) is 11.0. The van der Waals surface area contributed by atoms with Crippen LogP contribution in [0.5, 0.6) is 0 Å². The Morgan fingerprint density at radius 2 is 1.15 bits per heavy atom. The molecule has 0 aromatic carbocycles. The second-order valence-electron chi connectivity index (χ2n) is 6.37. The van der Waals surface area contributed by atoms with Gasteiger partial charge in [0.1, 0.15) is 0 Å². The highest BCUT2D eigenvalue weighted by Gasteiger charge is 2.25. The summed E-state index contributed by atoms with van der Waals surface area (Å²) in [7, 11) is 0. The van der Waals surface area contributed by atoms with Gasteiger partial charge < -0.3 is 30.6 Å². The van der Waals surface area contributed by atoms with Crippen molar-refractivity contribution < 1.29 is 45.0 Å². The second-order valence-corrected chi connectivity index (χ2v) is 6.37. The number of hydrogen-bond donors (Lipinski definition) is 6. The molecule has 0 unspecified atom stereocenters. The number of rotatable bonds is 6. The third-order valence-corrected chi connectivity index (χ3v) is 4.67. The molecule has 0 heterocycles. The zero-order chi connectivity index (χ0) is 20.6. The molecule has 2 rings (SSSR count). The lowest BCUT2D eigenvalue weighted by molar-refractivity contribution is -0.145. The third-order valence-electron chi connectivity index (χ3n) is 4.67. The summed E-state index contributed by atoms with van der Waals surface area (Å²) in [6.45, 7) is 1.10. The van der Waals surface area contributed by atoms with E-state index in [1.807, 2.05) is 6.92 Å². The highest BCUT2D eigenvalue weighted by Crippen LogP contribution is 2.26. The predicted molar refractivity (Wildman–Crippen MR) is 92.6 cm³/mol. The molecule has 0 saturated heterocycles. The fourth-order valence-corrected chi connectivity index (χ4v) is 1.80. The average Bonchev–Trinajstić information content (AvgIpc) is 2.48. The van der Waals surface area contributed by atoms with Crippen LogP contribution in [0, 0.1) is 17.3 Å². The van der Waals surface area contributed by atoms with Crippen molar-refractivity contribution in [3.8, 4) is 0 Å². The van der Waals surface area contributed by atoms with Crippen LogP contribution in [0.4, 0.5) is 0 Å². The smallest absolute Gasteiger partial charge is 0.306 e. The average molecular weight is 380 g/mol. The minimum atomic E-state index is -0.667. The molecular weight excluding hydrogens is 348 g/mol. The molecule has 0 aromatic heterocycles. The Morgan fingerprint density at radius 3 is 1.15 bits per heavy atom. The molecule has 0 spiro atoms. The molecule has 154 valence electrons. The van der Waals surface area contributed by atoms with Crippen molar-refractivity contribution in [3.63, 3.8) is 0 Å². The summed E-state index contributed by atoms with van der Waals surface area (Å²) in [5, 5.41) is 49.3. The van der Waals surface area contributed by atoms with Crippen molar-refractivity contribution in [3.05, 3.63) is 0 Å². The lowest BCUT2D eigenvalue weighted by Gasteiger charge is -2.24. The van der Waals surface area contributed by atoms with E-state index < -0.39 is 17.4 Å². The van der Waals surface area contributed by atoms with E-state index in [0.717, 1.165) is 38.5 Å². The molecule has 26 heavy (non-hydrogen) atoms. The largest absolute Gasteiger partial charge is 0.483 e. The number of aliphatic hydroxyl groups excluding tert-OH is 3. The maximum atomic E-state index is 9.98. The summed E-state index contributed by atoms with van der Waals surface area (Å²) >= 11 is 0. The zero-order valence-corrected chi connectivity index (χ0v) is 15.2. The molecule has 9 heteroatoms. The molecule has 2 aliphatic rings. The second kappa shape index (κ2) is 15.5. The molecule has 0 aromatic rings. The van der Waals surface area contributed by atoms with Gasteiger partial charge in [0.2, 0.25) is 0 Å². The normalized spacial score (nSPS) is 16.0. The van der Waals surface area contributed by atoms with Gasteiger partial charge in [-0.05, 0) is 32.1 Å². The van der Waals surface area contributed by atoms with Crippen LogP contribution < -0.4 is 0 Å². The number of hydrogen-bond acceptors (Lipinski definition) is 6. The molecule has 6 N–H and O–H groups in total. The standard InChI is InChI=1S/C6H14O3.2C5H8O2.CH2O2/c1-2-6(3-7,4-8)5-9;2*6-5(7)4-2-1-3-4;2-1-3/h7-9H,2-5H2,1H3;2*4H,1-3H2,(H,6,7);1H,(H,2,3). The van der Waals surface area contributed by atoms with Crippen LogP contribution in [0.3, 0.4) is 0 Å². The predicted octanol–water partition coefficient (Wildman–Crippen LogP) is 0.803. The van der Waals surface area contributed by atoms with Crippen LogP contribution in [0.25, 0.3) is 0 Å². The number of aliphatic hydroxyl groups is 3. The first-order chi connectivity index (χ1) is 12.3. The van der Waals surface area contributed by atoms with Gasteiger partial charge in [0.05, 0.1) is 31.7 Å². The Hall–Kier alpha value is -1.71. The molecule has 2 aliphatic carbocycles. The van der Waals surface area contributed by atoms with Crippen molar-refractivity contribution in [1.82, 2.24) is 0 Å². The van der Waals surface area contributed by atoms with Crippen LogP contribution in [0.15, 0.2) is 0 Å². The van der Waals surface area contributed by atoms with Crippen LogP contribution in [0.1, 0.15) is 51.9 Å². The van der Waals surface area contributed by atoms with E-state index in [1.54, 1.807) is 0 Å². The monoisotopic (exact) mass is 380 g/mol. The maximum absolute atomic E-state index is 9.98. The van der Waals surface area contributed by atoms with Crippen LogP contribution >= 0.6 is 0 Å². The van der Waals surface area contributed by atoms with E-state index in [4.69, 9.17) is 35.4 Å². The summed E-state index contributed by atoms with van der Waals surface area (Å²) in [5.74, 6) is -1.24. The summed E-state index contributed by atoms with van der Waals surface area (Å²) in [4.78, 5) is 28.3. The highest BCUT2D eigenvalue weighted by atomic mass is 16.4. The summed E-state index contributed by atoms with van der Waals surface area (Å²) < 4.78 is 0. The Morgan fingerprint density at radius 1 is 0.885 bits per heavy atom. The molecule has 0 radical (unpaired) electrons. The first kappa shape index (κ1) is 26.5. The Labute approximate surface area is 153 Å². The first-order valence-electron chi connectivity index (χ1n) is 8.63. The van der Waals surface area contributed by atoms with Crippen molar-refractivity contribution in [2.75, 3.05) is 19.8 Å². The van der Waals surface area contributed by atoms with Gasteiger partial charge in [-0.15, -0.1) is 0 Å². The fraction of sp³-hybridized carbons (Fsp3) is 0.824. The molecule has 0 bridgehead atoms. The van der Waals surface area contributed by atoms with E-state index in [2.05, 4.69) is 0 Å². The zero-order valence-electron chi connectivity index (χ0n) is 15.2. The summed E-state index contributed by atoms with van der Waals surface area (Å²) in [6.07, 6.45) is 6.40. The van der Waals surface area contributed by atoms with Crippen LogP contribution in [-0.4, -0.2) is 68.9 Å². The van der Waals surface area contributed by atoms with Crippen LogP contribution in [0.2, 0.25) is 0 Å². The van der Waals surface area contributed by atoms with E-state index in [1.165, 1.54) is 0 Å². The number of carbonyl (C=O) groups is 3. The Balaban J connectivity index is 0. The van der Waals surface area contributed by atoms with E-state index in [9.17, 15) is 9.59 Å². The maximum Gasteiger partial charge on any atom is 0.306 e. The van der Waals surface area contributed by atoms with E-state index in [-0.39, 0.29) is 38.1 Å².